The Balaban J connectivity index is 2.56. The Bertz CT molecular complexity index is 449. The van der Waals surface area contributed by atoms with E-state index >= 15 is 0 Å². The van der Waals surface area contributed by atoms with Crippen LogP contribution in [0.25, 0.3) is 0 Å². The summed E-state index contributed by atoms with van der Waals surface area (Å²) in [4.78, 5) is 0. The fraction of sp³-hybridized carbons (Fsp3) is 0.562. The summed E-state index contributed by atoms with van der Waals surface area (Å²) < 4.78 is 5.45. The van der Waals surface area contributed by atoms with Crippen molar-refractivity contribution in [1.82, 2.24) is 5.32 Å². The smallest absolute Gasteiger partial charge is 0.122 e. The van der Waals surface area contributed by atoms with Crippen molar-refractivity contribution >= 4 is 0 Å². The van der Waals surface area contributed by atoms with Gasteiger partial charge >= 0.3 is 0 Å². The largest absolute Gasteiger partial charge is 0.496 e. The number of nitrogens with zero attached hydrogens (tertiary/aromatic N) is 1. The zero-order valence-electron chi connectivity index (χ0n) is 12.4. The third-order valence-corrected chi connectivity index (χ3v) is 3.41. The van der Waals surface area contributed by atoms with Crippen LogP contribution in [0.15, 0.2) is 12.1 Å². The number of nitrogens with one attached hydrogen (secondary N) is 1. The summed E-state index contributed by atoms with van der Waals surface area (Å²) in [5, 5.41) is 12.2. The molecule has 1 atom stereocenters. The van der Waals surface area contributed by atoms with E-state index < -0.39 is 0 Å². The van der Waals surface area contributed by atoms with Gasteiger partial charge in [0.15, 0.2) is 0 Å². The number of methoxy groups -OCH3 is 1. The monoisotopic (exact) mass is 260 g/mol. The van der Waals surface area contributed by atoms with E-state index in [1.165, 1.54) is 16.7 Å². The number of hydrogen-bond acceptors (Lipinski definition) is 3. The SMILES string of the molecule is CCC(C#N)CNCCc1c(C)cc(C)cc1OC. The molecule has 0 aromatic heterocycles. The number of benzene rings is 1. The molecule has 3 nitrogen and oxygen atoms in total. The van der Waals surface area contributed by atoms with E-state index in [1.807, 2.05) is 6.92 Å². The molecule has 104 valence electrons. The van der Waals surface area contributed by atoms with Crippen molar-refractivity contribution < 1.29 is 4.74 Å². The molecule has 0 spiro atoms. The average molecular weight is 260 g/mol. The van der Waals surface area contributed by atoms with Crippen LogP contribution in [0.4, 0.5) is 0 Å². The second kappa shape index (κ2) is 7.81. The van der Waals surface area contributed by atoms with Gasteiger partial charge in [0.1, 0.15) is 5.75 Å². The maximum atomic E-state index is 8.89. The van der Waals surface area contributed by atoms with Gasteiger partial charge in [0, 0.05) is 6.54 Å². The molecule has 1 N–H and O–H groups in total. The molecule has 1 aromatic rings. The van der Waals surface area contributed by atoms with E-state index in [0.29, 0.717) is 0 Å². The van der Waals surface area contributed by atoms with Gasteiger partial charge in [-0.1, -0.05) is 13.0 Å². The van der Waals surface area contributed by atoms with Crippen LogP contribution >= 0.6 is 0 Å². The summed E-state index contributed by atoms with van der Waals surface area (Å²) in [6.45, 7) is 7.88. The number of ether oxygens (including phenoxy) is 1. The van der Waals surface area contributed by atoms with Gasteiger partial charge in [0.05, 0.1) is 19.1 Å². The summed E-state index contributed by atoms with van der Waals surface area (Å²) in [5.74, 6) is 1.08. The van der Waals surface area contributed by atoms with E-state index in [1.54, 1.807) is 7.11 Å². The minimum atomic E-state index is 0.112. The van der Waals surface area contributed by atoms with Gasteiger partial charge < -0.3 is 10.1 Å². The first-order valence-corrected chi connectivity index (χ1v) is 6.86. The molecule has 1 unspecified atom stereocenters. The Morgan fingerprint density at radius 2 is 2.11 bits per heavy atom. The Kier molecular flexibility index (Phi) is 6.38. The third kappa shape index (κ3) is 4.57. The van der Waals surface area contributed by atoms with E-state index in [2.05, 4.69) is 37.4 Å². The minimum absolute atomic E-state index is 0.112. The zero-order chi connectivity index (χ0) is 14.3. The van der Waals surface area contributed by atoms with Crippen LogP contribution in [-0.4, -0.2) is 20.2 Å². The van der Waals surface area contributed by atoms with Crippen LogP contribution in [0, 0.1) is 31.1 Å². The number of aryl methyl sites for hydroxylation is 2. The van der Waals surface area contributed by atoms with Gasteiger partial charge in [-0.2, -0.15) is 5.26 Å². The molecular weight excluding hydrogens is 236 g/mol. The standard InChI is InChI=1S/C16H24N2O/c1-5-14(10-17)11-18-7-6-15-13(3)8-12(2)9-16(15)19-4/h8-9,14,18H,5-7,11H2,1-4H3. The van der Waals surface area contributed by atoms with Gasteiger partial charge in [-0.3, -0.25) is 0 Å². The molecule has 0 radical (unpaired) electrons. The maximum absolute atomic E-state index is 8.89. The predicted octanol–water partition coefficient (Wildman–Crippen LogP) is 2.99. The van der Waals surface area contributed by atoms with E-state index in [9.17, 15) is 0 Å². The molecule has 0 bridgehead atoms. The Labute approximate surface area is 116 Å². The van der Waals surface area contributed by atoms with Gasteiger partial charge in [0.25, 0.3) is 0 Å². The van der Waals surface area contributed by atoms with Gasteiger partial charge in [-0.25, -0.2) is 0 Å². The molecule has 0 aliphatic heterocycles. The molecule has 0 saturated heterocycles. The highest BCUT2D eigenvalue weighted by molar-refractivity contribution is 5.43. The molecule has 0 heterocycles. The topological polar surface area (TPSA) is 45.0 Å². The maximum Gasteiger partial charge on any atom is 0.122 e. The second-order valence-corrected chi connectivity index (χ2v) is 4.95. The average Bonchev–Trinajstić information content (AvgIpc) is 2.40. The number of nitriles is 1. The van der Waals surface area contributed by atoms with Crippen LogP contribution in [-0.2, 0) is 6.42 Å². The van der Waals surface area contributed by atoms with Crippen LogP contribution in [0.5, 0.6) is 5.75 Å². The molecular formula is C16H24N2O. The quantitative estimate of drug-likeness (QED) is 0.767. The van der Waals surface area contributed by atoms with Crippen LogP contribution in [0.3, 0.4) is 0 Å². The number of hydrogen-bond donors (Lipinski definition) is 1. The Morgan fingerprint density at radius 1 is 1.37 bits per heavy atom. The molecule has 0 aliphatic carbocycles. The highest BCUT2D eigenvalue weighted by atomic mass is 16.5. The number of rotatable bonds is 7. The van der Waals surface area contributed by atoms with E-state index in [4.69, 9.17) is 10.00 Å². The highest BCUT2D eigenvalue weighted by Crippen LogP contribution is 2.24. The molecule has 1 rings (SSSR count). The minimum Gasteiger partial charge on any atom is -0.496 e. The van der Waals surface area contributed by atoms with Gasteiger partial charge in [-0.05, 0) is 56.0 Å². The molecule has 0 aliphatic rings. The molecule has 19 heavy (non-hydrogen) atoms. The molecule has 0 saturated carbocycles. The van der Waals surface area contributed by atoms with Gasteiger partial charge in [-0.15, -0.1) is 0 Å². The van der Waals surface area contributed by atoms with Crippen molar-refractivity contribution in [3.05, 3.63) is 28.8 Å². The molecule has 3 heteroatoms. The summed E-state index contributed by atoms with van der Waals surface area (Å²) in [5.41, 5.74) is 3.75. The van der Waals surface area contributed by atoms with Crippen LogP contribution in [0.1, 0.15) is 30.0 Å². The molecule has 1 aromatic carbocycles. The Hall–Kier alpha value is -1.53. The lowest BCUT2D eigenvalue weighted by Crippen LogP contribution is -2.24. The van der Waals surface area contributed by atoms with Crippen molar-refractivity contribution in [3.8, 4) is 11.8 Å². The molecule has 0 fully saturated rings. The van der Waals surface area contributed by atoms with Crippen molar-refractivity contribution in [2.75, 3.05) is 20.2 Å². The summed E-state index contributed by atoms with van der Waals surface area (Å²) >= 11 is 0. The van der Waals surface area contributed by atoms with Crippen molar-refractivity contribution in [2.45, 2.75) is 33.6 Å². The van der Waals surface area contributed by atoms with Crippen LogP contribution < -0.4 is 10.1 Å². The lowest BCUT2D eigenvalue weighted by atomic mass is 10.0. The fourth-order valence-corrected chi connectivity index (χ4v) is 2.23. The van der Waals surface area contributed by atoms with Crippen molar-refractivity contribution in [1.29, 1.82) is 5.26 Å². The predicted molar refractivity (Wildman–Crippen MR) is 78.4 cm³/mol. The highest BCUT2D eigenvalue weighted by Gasteiger charge is 2.08. The Morgan fingerprint density at radius 3 is 2.68 bits per heavy atom. The van der Waals surface area contributed by atoms with Crippen LogP contribution in [0.2, 0.25) is 0 Å². The van der Waals surface area contributed by atoms with E-state index in [-0.39, 0.29) is 5.92 Å². The van der Waals surface area contributed by atoms with Crippen molar-refractivity contribution in [2.24, 2.45) is 5.92 Å². The van der Waals surface area contributed by atoms with Gasteiger partial charge in [0.2, 0.25) is 0 Å². The summed E-state index contributed by atoms with van der Waals surface area (Å²) in [6, 6.07) is 6.56. The first kappa shape index (κ1) is 15.5. The van der Waals surface area contributed by atoms with E-state index in [0.717, 1.165) is 31.7 Å². The first-order valence-electron chi connectivity index (χ1n) is 6.86. The molecule has 0 amide bonds. The first-order chi connectivity index (χ1) is 9.12. The van der Waals surface area contributed by atoms with Crippen molar-refractivity contribution in [3.63, 3.8) is 0 Å². The summed E-state index contributed by atoms with van der Waals surface area (Å²) in [7, 11) is 1.72. The fourth-order valence-electron chi connectivity index (χ4n) is 2.23. The zero-order valence-corrected chi connectivity index (χ0v) is 12.4. The summed E-state index contributed by atoms with van der Waals surface area (Å²) in [6.07, 6.45) is 1.83. The third-order valence-electron chi connectivity index (χ3n) is 3.41. The second-order valence-electron chi connectivity index (χ2n) is 4.95. The normalized spacial score (nSPS) is 11.9. The lowest BCUT2D eigenvalue weighted by Gasteiger charge is -2.14. The lowest BCUT2D eigenvalue weighted by molar-refractivity contribution is 0.408.